The van der Waals surface area contributed by atoms with Gasteiger partial charge < -0.3 is 10.1 Å². The molecule has 2 aromatic carbocycles. The number of pyridine rings is 1. The Morgan fingerprint density at radius 3 is 2.35 bits per heavy atom. The van der Waals surface area contributed by atoms with Gasteiger partial charge in [0.05, 0.1) is 12.8 Å². The Morgan fingerprint density at radius 1 is 1.00 bits per heavy atom. The van der Waals surface area contributed by atoms with Gasteiger partial charge in [0.1, 0.15) is 11.4 Å². The molecular formula is C18H14ClFN2O. The number of ether oxygens (including phenoxy) is 1. The highest BCUT2D eigenvalue weighted by atomic mass is 35.5. The van der Waals surface area contributed by atoms with Crippen LogP contribution >= 0.6 is 11.6 Å². The van der Waals surface area contributed by atoms with E-state index in [2.05, 4.69) is 10.3 Å². The average Bonchev–Trinajstić information content (AvgIpc) is 2.58. The number of hydrogen-bond donors (Lipinski definition) is 1. The van der Waals surface area contributed by atoms with Crippen molar-refractivity contribution in [3.05, 3.63) is 71.6 Å². The average molecular weight is 329 g/mol. The van der Waals surface area contributed by atoms with E-state index in [1.165, 1.54) is 0 Å². The number of methoxy groups -OCH3 is 1. The maximum absolute atomic E-state index is 14.7. The molecule has 0 fully saturated rings. The van der Waals surface area contributed by atoms with Gasteiger partial charge in [-0.1, -0.05) is 23.7 Å². The van der Waals surface area contributed by atoms with Gasteiger partial charge in [-0.3, -0.25) is 4.98 Å². The zero-order valence-corrected chi connectivity index (χ0v) is 13.1. The minimum absolute atomic E-state index is 0.278. The zero-order chi connectivity index (χ0) is 16.2. The standard InChI is InChI=1S/C18H14ClFN2O/c1-23-15-8-6-14(7-9-15)22-16-10-11-21-18(17(16)20)12-2-4-13(19)5-3-12/h2-11H,1H3,(H,21,22). The molecule has 0 atom stereocenters. The van der Waals surface area contributed by atoms with E-state index >= 15 is 0 Å². The Kier molecular flexibility index (Phi) is 4.44. The Labute approximate surface area is 138 Å². The topological polar surface area (TPSA) is 34.1 Å². The second kappa shape index (κ2) is 6.67. The zero-order valence-electron chi connectivity index (χ0n) is 12.4. The summed E-state index contributed by atoms with van der Waals surface area (Å²) in [7, 11) is 1.60. The first-order valence-electron chi connectivity index (χ1n) is 6.99. The van der Waals surface area contributed by atoms with Crippen LogP contribution in [0, 0.1) is 5.82 Å². The molecule has 0 aliphatic rings. The second-order valence-corrected chi connectivity index (χ2v) is 5.32. The normalized spacial score (nSPS) is 10.4. The second-order valence-electron chi connectivity index (χ2n) is 4.88. The summed E-state index contributed by atoms with van der Waals surface area (Å²) in [6.07, 6.45) is 1.57. The lowest BCUT2D eigenvalue weighted by Gasteiger charge is -2.11. The summed E-state index contributed by atoms with van der Waals surface area (Å²) < 4.78 is 19.8. The summed E-state index contributed by atoms with van der Waals surface area (Å²) in [5.41, 5.74) is 2.07. The van der Waals surface area contributed by atoms with E-state index in [4.69, 9.17) is 16.3 Å². The fourth-order valence-electron chi connectivity index (χ4n) is 2.18. The van der Waals surface area contributed by atoms with Crippen molar-refractivity contribution in [2.75, 3.05) is 12.4 Å². The van der Waals surface area contributed by atoms with E-state index in [0.717, 1.165) is 11.4 Å². The van der Waals surface area contributed by atoms with Gasteiger partial charge in [-0.2, -0.15) is 0 Å². The van der Waals surface area contributed by atoms with Gasteiger partial charge in [0.15, 0.2) is 5.82 Å². The van der Waals surface area contributed by atoms with Crippen LogP contribution in [0.4, 0.5) is 15.8 Å². The van der Waals surface area contributed by atoms with Gasteiger partial charge >= 0.3 is 0 Å². The summed E-state index contributed by atoms with van der Waals surface area (Å²) in [5.74, 6) is 0.332. The summed E-state index contributed by atoms with van der Waals surface area (Å²) in [5, 5.41) is 3.65. The molecule has 0 bridgehead atoms. The van der Waals surface area contributed by atoms with E-state index in [1.807, 2.05) is 24.3 Å². The molecule has 0 amide bonds. The molecule has 1 N–H and O–H groups in total. The molecule has 0 radical (unpaired) electrons. The fourth-order valence-corrected chi connectivity index (χ4v) is 2.31. The van der Waals surface area contributed by atoms with Crippen molar-refractivity contribution in [3.8, 4) is 17.0 Å². The molecule has 3 aromatic rings. The van der Waals surface area contributed by atoms with Crippen LogP contribution in [0.15, 0.2) is 60.8 Å². The molecule has 3 nitrogen and oxygen atoms in total. The summed E-state index contributed by atoms with van der Waals surface area (Å²) in [6.45, 7) is 0. The highest BCUT2D eigenvalue weighted by Crippen LogP contribution is 2.28. The van der Waals surface area contributed by atoms with Gasteiger partial charge in [-0.05, 0) is 42.5 Å². The van der Waals surface area contributed by atoms with E-state index in [9.17, 15) is 4.39 Å². The van der Waals surface area contributed by atoms with Crippen LogP contribution in [-0.4, -0.2) is 12.1 Å². The van der Waals surface area contributed by atoms with Gasteiger partial charge in [0, 0.05) is 22.5 Å². The third-order valence-corrected chi connectivity index (χ3v) is 3.63. The third kappa shape index (κ3) is 3.43. The molecule has 116 valence electrons. The van der Waals surface area contributed by atoms with Crippen LogP contribution < -0.4 is 10.1 Å². The van der Waals surface area contributed by atoms with Crippen LogP contribution in [0.2, 0.25) is 5.02 Å². The molecule has 3 rings (SSSR count). The summed E-state index contributed by atoms with van der Waals surface area (Å²) >= 11 is 5.87. The molecule has 0 unspecified atom stereocenters. The Hall–Kier alpha value is -2.59. The van der Waals surface area contributed by atoms with Crippen LogP contribution in [0.5, 0.6) is 5.75 Å². The van der Waals surface area contributed by atoms with Crippen LogP contribution in [0.25, 0.3) is 11.3 Å². The quantitative estimate of drug-likeness (QED) is 0.706. The smallest absolute Gasteiger partial charge is 0.172 e. The van der Waals surface area contributed by atoms with Crippen molar-refractivity contribution in [2.24, 2.45) is 0 Å². The van der Waals surface area contributed by atoms with Crippen molar-refractivity contribution >= 4 is 23.0 Å². The predicted octanol–water partition coefficient (Wildman–Crippen LogP) is 5.29. The Balaban J connectivity index is 1.91. The monoisotopic (exact) mass is 328 g/mol. The molecule has 0 aliphatic carbocycles. The molecule has 0 saturated heterocycles. The van der Waals surface area contributed by atoms with Crippen LogP contribution in [0.1, 0.15) is 0 Å². The molecule has 0 saturated carbocycles. The number of aromatic nitrogens is 1. The molecule has 0 spiro atoms. The van der Waals surface area contributed by atoms with E-state index < -0.39 is 5.82 Å². The largest absolute Gasteiger partial charge is 0.497 e. The lowest BCUT2D eigenvalue weighted by Crippen LogP contribution is -1.98. The predicted molar refractivity (Wildman–Crippen MR) is 90.9 cm³/mol. The molecule has 23 heavy (non-hydrogen) atoms. The minimum Gasteiger partial charge on any atom is -0.497 e. The number of nitrogens with one attached hydrogen (secondary N) is 1. The van der Waals surface area contributed by atoms with E-state index in [0.29, 0.717) is 16.3 Å². The maximum Gasteiger partial charge on any atom is 0.172 e. The molecule has 0 aliphatic heterocycles. The van der Waals surface area contributed by atoms with Crippen molar-refractivity contribution < 1.29 is 9.13 Å². The Bertz CT molecular complexity index is 804. The number of halogens is 2. The van der Waals surface area contributed by atoms with Crippen molar-refractivity contribution in [1.82, 2.24) is 4.98 Å². The lowest BCUT2D eigenvalue weighted by atomic mass is 10.1. The highest BCUT2D eigenvalue weighted by Gasteiger charge is 2.11. The van der Waals surface area contributed by atoms with Crippen molar-refractivity contribution in [2.45, 2.75) is 0 Å². The van der Waals surface area contributed by atoms with Gasteiger partial charge in [-0.25, -0.2) is 4.39 Å². The molecule has 1 aromatic heterocycles. The van der Waals surface area contributed by atoms with Crippen molar-refractivity contribution in [1.29, 1.82) is 0 Å². The first-order valence-corrected chi connectivity index (χ1v) is 7.36. The van der Waals surface area contributed by atoms with Gasteiger partial charge in [0.2, 0.25) is 0 Å². The van der Waals surface area contributed by atoms with Crippen LogP contribution in [-0.2, 0) is 0 Å². The molecule has 5 heteroatoms. The maximum atomic E-state index is 14.7. The first kappa shape index (κ1) is 15.3. The number of benzene rings is 2. The number of nitrogens with zero attached hydrogens (tertiary/aromatic N) is 1. The first-order chi connectivity index (χ1) is 11.2. The number of rotatable bonds is 4. The molecule has 1 heterocycles. The Morgan fingerprint density at radius 2 is 1.70 bits per heavy atom. The van der Waals surface area contributed by atoms with E-state index in [-0.39, 0.29) is 5.69 Å². The fraction of sp³-hybridized carbons (Fsp3) is 0.0556. The highest BCUT2D eigenvalue weighted by molar-refractivity contribution is 6.30. The number of hydrogen-bond acceptors (Lipinski definition) is 3. The van der Waals surface area contributed by atoms with Gasteiger partial charge in [0.25, 0.3) is 0 Å². The van der Waals surface area contributed by atoms with Crippen molar-refractivity contribution in [3.63, 3.8) is 0 Å². The summed E-state index contributed by atoms with van der Waals surface area (Å²) in [4.78, 5) is 4.13. The lowest BCUT2D eigenvalue weighted by molar-refractivity contribution is 0.415. The summed E-state index contributed by atoms with van der Waals surface area (Å²) in [6, 6.07) is 15.8. The number of anilines is 2. The SMILES string of the molecule is COc1ccc(Nc2ccnc(-c3ccc(Cl)cc3)c2F)cc1. The van der Waals surface area contributed by atoms with Gasteiger partial charge in [-0.15, -0.1) is 0 Å². The minimum atomic E-state index is -0.411. The van der Waals surface area contributed by atoms with Crippen LogP contribution in [0.3, 0.4) is 0 Å². The third-order valence-electron chi connectivity index (χ3n) is 3.38. The van der Waals surface area contributed by atoms with E-state index in [1.54, 1.807) is 43.6 Å². The molecular weight excluding hydrogens is 315 g/mol.